The molecule has 1 fully saturated rings. The molecule has 1 saturated heterocycles. The Labute approximate surface area is 178 Å². The molecule has 11 heteroatoms. The van der Waals surface area contributed by atoms with E-state index in [0.29, 0.717) is 42.5 Å². The van der Waals surface area contributed by atoms with Crippen molar-refractivity contribution in [1.82, 2.24) is 4.90 Å². The van der Waals surface area contributed by atoms with Gasteiger partial charge in [-0.1, -0.05) is 0 Å². The maximum Gasteiger partial charge on any atom is 0.262 e. The van der Waals surface area contributed by atoms with Crippen LogP contribution in [-0.2, 0) is 19.6 Å². The number of benzene rings is 2. The van der Waals surface area contributed by atoms with Crippen molar-refractivity contribution in [2.24, 2.45) is 5.73 Å². The van der Waals surface area contributed by atoms with E-state index in [0.717, 1.165) is 0 Å². The van der Waals surface area contributed by atoms with Gasteiger partial charge in [-0.25, -0.2) is 8.42 Å². The van der Waals surface area contributed by atoms with Gasteiger partial charge in [0.15, 0.2) is 17.6 Å². The standard InChI is InChI=1S/C20H21N3O7S/c21-19(24)18-12-23(7-8-28-18)20(25)13-1-3-14(4-2-13)22-31(26,27)15-5-6-16-17(11-15)30-10-9-29-16/h1-6,11,18,22H,7-10,12H2,(H2,21,24). The van der Waals surface area contributed by atoms with Gasteiger partial charge in [0.1, 0.15) is 13.2 Å². The number of nitrogens with zero attached hydrogens (tertiary/aromatic N) is 1. The predicted octanol–water partition coefficient (Wildman–Crippen LogP) is 0.585. The Kier molecular flexibility index (Phi) is 5.70. The van der Waals surface area contributed by atoms with E-state index in [2.05, 4.69) is 4.72 Å². The van der Waals surface area contributed by atoms with Gasteiger partial charge in [-0.2, -0.15) is 0 Å². The first-order valence-corrected chi connectivity index (χ1v) is 11.0. The average Bonchev–Trinajstić information content (AvgIpc) is 2.78. The maximum absolute atomic E-state index is 12.7. The minimum Gasteiger partial charge on any atom is -0.486 e. The molecule has 0 spiro atoms. The highest BCUT2D eigenvalue weighted by Crippen LogP contribution is 2.32. The lowest BCUT2D eigenvalue weighted by molar-refractivity contribution is -0.133. The summed E-state index contributed by atoms with van der Waals surface area (Å²) in [4.78, 5) is 25.5. The largest absolute Gasteiger partial charge is 0.486 e. The van der Waals surface area contributed by atoms with Gasteiger partial charge < -0.3 is 24.8 Å². The first-order chi connectivity index (χ1) is 14.8. The van der Waals surface area contributed by atoms with Crippen LogP contribution in [0.4, 0.5) is 5.69 Å². The average molecular weight is 447 g/mol. The molecule has 4 rings (SSSR count). The number of fused-ring (bicyclic) bond motifs is 1. The molecule has 164 valence electrons. The number of nitrogens with one attached hydrogen (secondary N) is 1. The van der Waals surface area contributed by atoms with Crippen molar-refractivity contribution in [2.45, 2.75) is 11.0 Å². The number of ether oxygens (including phenoxy) is 3. The normalized spacial score (nSPS) is 18.3. The number of nitrogens with two attached hydrogens (primary N) is 1. The number of hydrogen-bond donors (Lipinski definition) is 2. The van der Waals surface area contributed by atoms with Crippen LogP contribution in [-0.4, -0.2) is 64.1 Å². The van der Waals surface area contributed by atoms with Crippen LogP contribution in [0.1, 0.15) is 10.4 Å². The van der Waals surface area contributed by atoms with Crippen molar-refractivity contribution in [3.05, 3.63) is 48.0 Å². The number of morpholine rings is 1. The molecule has 3 N–H and O–H groups in total. The lowest BCUT2D eigenvalue weighted by Gasteiger charge is -2.31. The van der Waals surface area contributed by atoms with E-state index >= 15 is 0 Å². The zero-order valence-electron chi connectivity index (χ0n) is 16.4. The molecular formula is C20H21N3O7S. The van der Waals surface area contributed by atoms with E-state index in [-0.39, 0.29) is 24.0 Å². The van der Waals surface area contributed by atoms with Gasteiger partial charge in [0.2, 0.25) is 5.91 Å². The first kappa shape index (κ1) is 20.9. The number of hydrogen-bond acceptors (Lipinski definition) is 7. The molecule has 0 aromatic heterocycles. The third-order valence-corrected chi connectivity index (χ3v) is 6.26. The number of anilines is 1. The van der Waals surface area contributed by atoms with Gasteiger partial charge in [0.05, 0.1) is 18.0 Å². The summed E-state index contributed by atoms with van der Waals surface area (Å²) in [5, 5.41) is 0. The van der Waals surface area contributed by atoms with Gasteiger partial charge in [-0.15, -0.1) is 0 Å². The minimum atomic E-state index is -3.87. The second-order valence-electron chi connectivity index (χ2n) is 7.00. The maximum atomic E-state index is 12.7. The minimum absolute atomic E-state index is 0.0303. The highest BCUT2D eigenvalue weighted by atomic mass is 32.2. The lowest BCUT2D eigenvalue weighted by atomic mass is 10.1. The van der Waals surface area contributed by atoms with Gasteiger partial charge in [-0.3, -0.25) is 14.3 Å². The van der Waals surface area contributed by atoms with E-state index in [4.69, 9.17) is 19.9 Å². The van der Waals surface area contributed by atoms with Crippen LogP contribution in [0.5, 0.6) is 11.5 Å². The molecule has 10 nitrogen and oxygen atoms in total. The molecule has 2 aromatic carbocycles. The summed E-state index contributed by atoms with van der Waals surface area (Å²) in [7, 11) is -3.87. The Morgan fingerprint density at radius 1 is 1.00 bits per heavy atom. The predicted molar refractivity (Wildman–Crippen MR) is 110 cm³/mol. The molecule has 31 heavy (non-hydrogen) atoms. The van der Waals surface area contributed by atoms with E-state index < -0.39 is 22.0 Å². The molecule has 1 unspecified atom stereocenters. The van der Waals surface area contributed by atoms with E-state index in [1.54, 1.807) is 6.07 Å². The topological polar surface area (TPSA) is 137 Å². The van der Waals surface area contributed by atoms with E-state index in [9.17, 15) is 18.0 Å². The number of carbonyl (C=O) groups excluding carboxylic acids is 2. The Morgan fingerprint density at radius 2 is 1.71 bits per heavy atom. The SMILES string of the molecule is NC(=O)C1CN(C(=O)c2ccc(NS(=O)(=O)c3ccc4c(c3)OCCO4)cc2)CCO1. The quantitative estimate of drug-likeness (QED) is 0.684. The second kappa shape index (κ2) is 8.44. The summed E-state index contributed by atoms with van der Waals surface area (Å²) in [5.41, 5.74) is 5.90. The van der Waals surface area contributed by atoms with Crippen LogP contribution >= 0.6 is 0 Å². The highest BCUT2D eigenvalue weighted by Gasteiger charge is 2.28. The molecule has 2 aromatic rings. The molecule has 0 aliphatic carbocycles. The smallest absolute Gasteiger partial charge is 0.262 e. The molecule has 0 saturated carbocycles. The number of amides is 2. The summed E-state index contributed by atoms with van der Waals surface area (Å²) in [5.74, 6) is -0.0539. The van der Waals surface area contributed by atoms with Crippen molar-refractivity contribution < 1.29 is 32.2 Å². The van der Waals surface area contributed by atoms with Crippen molar-refractivity contribution in [1.29, 1.82) is 0 Å². The number of rotatable bonds is 5. The van der Waals surface area contributed by atoms with Crippen molar-refractivity contribution in [3.8, 4) is 11.5 Å². The fourth-order valence-electron chi connectivity index (χ4n) is 3.27. The second-order valence-corrected chi connectivity index (χ2v) is 8.68. The van der Waals surface area contributed by atoms with Crippen LogP contribution in [0.15, 0.2) is 47.4 Å². The Bertz CT molecular complexity index is 1100. The molecular weight excluding hydrogens is 426 g/mol. The van der Waals surface area contributed by atoms with Gasteiger partial charge >= 0.3 is 0 Å². The Balaban J connectivity index is 1.45. The summed E-state index contributed by atoms with van der Waals surface area (Å²) < 4.78 is 44.0. The van der Waals surface area contributed by atoms with Crippen LogP contribution in [0.3, 0.4) is 0 Å². The van der Waals surface area contributed by atoms with E-state index in [1.807, 2.05) is 0 Å². The van der Waals surface area contributed by atoms with Crippen LogP contribution in [0, 0.1) is 0 Å². The van der Waals surface area contributed by atoms with Crippen LogP contribution in [0.25, 0.3) is 0 Å². The van der Waals surface area contributed by atoms with Crippen LogP contribution in [0.2, 0.25) is 0 Å². The van der Waals surface area contributed by atoms with Gasteiger partial charge in [0, 0.05) is 23.9 Å². The zero-order valence-corrected chi connectivity index (χ0v) is 17.3. The first-order valence-electron chi connectivity index (χ1n) is 9.56. The third-order valence-electron chi connectivity index (χ3n) is 4.88. The molecule has 2 amide bonds. The monoisotopic (exact) mass is 447 g/mol. The van der Waals surface area contributed by atoms with Crippen molar-refractivity contribution in [3.63, 3.8) is 0 Å². The highest BCUT2D eigenvalue weighted by molar-refractivity contribution is 7.92. The lowest BCUT2D eigenvalue weighted by Crippen LogP contribution is -2.50. The molecule has 2 aliphatic rings. The summed E-state index contributed by atoms with van der Waals surface area (Å²) >= 11 is 0. The molecule has 0 radical (unpaired) electrons. The molecule has 2 heterocycles. The van der Waals surface area contributed by atoms with Crippen LogP contribution < -0.4 is 19.9 Å². The van der Waals surface area contributed by atoms with Gasteiger partial charge in [0.25, 0.3) is 15.9 Å². The summed E-state index contributed by atoms with van der Waals surface area (Å²) in [6.45, 7) is 1.39. The van der Waals surface area contributed by atoms with E-state index in [1.165, 1.54) is 41.3 Å². The third kappa shape index (κ3) is 4.57. The number of carbonyl (C=O) groups is 2. The van der Waals surface area contributed by atoms with Crippen molar-refractivity contribution in [2.75, 3.05) is 37.6 Å². The van der Waals surface area contributed by atoms with Gasteiger partial charge in [-0.05, 0) is 36.4 Å². The summed E-state index contributed by atoms with van der Waals surface area (Å²) in [6, 6.07) is 10.4. The summed E-state index contributed by atoms with van der Waals surface area (Å²) in [6.07, 6.45) is -0.838. The number of primary amides is 1. The molecule has 1 atom stereocenters. The molecule has 2 aliphatic heterocycles. The number of sulfonamides is 1. The molecule has 0 bridgehead atoms. The zero-order chi connectivity index (χ0) is 22.0. The Morgan fingerprint density at radius 3 is 2.42 bits per heavy atom. The fraction of sp³-hybridized carbons (Fsp3) is 0.300. The Hall–Kier alpha value is -3.31. The van der Waals surface area contributed by atoms with Crippen molar-refractivity contribution >= 4 is 27.5 Å². The fourth-order valence-corrected chi connectivity index (χ4v) is 4.35.